The number of hydrogen-bond acceptors (Lipinski definition) is 4. The number of carbonyl (C=O) groups is 1. The molecule has 0 heterocycles. The molecule has 4 saturated carbocycles. The van der Waals surface area contributed by atoms with E-state index in [1.807, 2.05) is 6.92 Å². The molecule has 0 spiro atoms. The maximum absolute atomic E-state index is 12.0. The minimum Gasteiger partial charge on any atom is -0.469 e. The predicted octanol–water partition coefficient (Wildman–Crippen LogP) is 4.81. The van der Waals surface area contributed by atoms with Crippen LogP contribution in [0, 0.1) is 52.3 Å². The molecule has 4 aliphatic carbocycles. The molecule has 0 aromatic carbocycles. The molecule has 4 nitrogen and oxygen atoms in total. The maximum Gasteiger partial charge on any atom is 0.308 e. The topological polar surface area (TPSA) is 66.8 Å². The minimum atomic E-state index is -0.217. The quantitative estimate of drug-likeness (QED) is 0.640. The fourth-order valence-corrected chi connectivity index (χ4v) is 9.19. The van der Waals surface area contributed by atoms with Gasteiger partial charge in [-0.3, -0.25) is 4.79 Å². The highest BCUT2D eigenvalue weighted by Crippen LogP contribution is 2.68. The van der Waals surface area contributed by atoms with Crippen molar-refractivity contribution in [2.24, 2.45) is 52.3 Å². The van der Waals surface area contributed by atoms with E-state index >= 15 is 0 Å². The van der Waals surface area contributed by atoms with Gasteiger partial charge in [-0.15, -0.1) is 0 Å². The molecule has 0 bridgehead atoms. The number of ether oxygens (including phenoxy) is 1. The van der Waals surface area contributed by atoms with E-state index < -0.39 is 0 Å². The van der Waals surface area contributed by atoms with E-state index in [2.05, 4.69) is 20.8 Å². The molecule has 0 aromatic heterocycles. The summed E-state index contributed by atoms with van der Waals surface area (Å²) < 4.78 is 4.97. The first-order chi connectivity index (χ1) is 14.1. The highest BCUT2D eigenvalue weighted by molar-refractivity contribution is 5.71. The molecule has 0 aliphatic heterocycles. The Kier molecular flexibility index (Phi) is 6.07. The first-order valence-corrected chi connectivity index (χ1v) is 12.6. The van der Waals surface area contributed by atoms with Crippen LogP contribution in [-0.2, 0) is 9.53 Å². The predicted molar refractivity (Wildman–Crippen MR) is 118 cm³/mol. The number of aliphatic hydroxyl groups is 2. The van der Waals surface area contributed by atoms with Crippen molar-refractivity contribution in [1.29, 1.82) is 0 Å². The van der Waals surface area contributed by atoms with Crippen molar-refractivity contribution in [1.82, 2.24) is 0 Å². The Balaban J connectivity index is 1.53. The normalized spacial score (nSPS) is 50.0. The van der Waals surface area contributed by atoms with Crippen molar-refractivity contribution in [3.63, 3.8) is 0 Å². The lowest BCUT2D eigenvalue weighted by molar-refractivity contribution is -0.174. The third kappa shape index (κ3) is 3.45. The van der Waals surface area contributed by atoms with E-state index in [0.717, 1.165) is 32.1 Å². The monoisotopic (exact) mass is 420 g/mol. The number of fused-ring (bicyclic) bond motifs is 5. The Bertz CT molecular complexity index is 649. The second kappa shape index (κ2) is 8.06. The summed E-state index contributed by atoms with van der Waals surface area (Å²) in [6.07, 6.45) is 9.22. The molecule has 2 N–H and O–H groups in total. The number of esters is 1. The lowest BCUT2D eigenvalue weighted by Gasteiger charge is -2.62. The summed E-state index contributed by atoms with van der Waals surface area (Å²) in [7, 11) is 1.49. The summed E-state index contributed by atoms with van der Waals surface area (Å²) in [5, 5.41) is 21.6. The zero-order chi connectivity index (χ0) is 21.8. The average Bonchev–Trinajstić information content (AvgIpc) is 3.05. The summed E-state index contributed by atoms with van der Waals surface area (Å²) in [6, 6.07) is 0. The van der Waals surface area contributed by atoms with Gasteiger partial charge in [0.2, 0.25) is 0 Å². The summed E-state index contributed by atoms with van der Waals surface area (Å²) >= 11 is 0. The lowest BCUT2D eigenvalue weighted by Crippen LogP contribution is -2.58. The van der Waals surface area contributed by atoms with Crippen LogP contribution in [0.5, 0.6) is 0 Å². The first-order valence-electron chi connectivity index (χ1n) is 12.6. The van der Waals surface area contributed by atoms with Crippen molar-refractivity contribution in [2.75, 3.05) is 7.11 Å². The zero-order valence-electron chi connectivity index (χ0n) is 19.8. The van der Waals surface area contributed by atoms with Crippen molar-refractivity contribution >= 4 is 5.97 Å². The van der Waals surface area contributed by atoms with Crippen LogP contribution < -0.4 is 0 Å². The van der Waals surface area contributed by atoms with Crippen LogP contribution >= 0.6 is 0 Å². The van der Waals surface area contributed by atoms with Crippen LogP contribution in [0.1, 0.15) is 85.5 Å². The molecule has 11 atom stereocenters. The van der Waals surface area contributed by atoms with E-state index in [9.17, 15) is 15.0 Å². The highest BCUT2D eigenvalue weighted by atomic mass is 16.5. The zero-order valence-corrected chi connectivity index (χ0v) is 19.8. The number of carbonyl (C=O) groups excluding carboxylic acids is 1. The largest absolute Gasteiger partial charge is 0.469 e. The van der Waals surface area contributed by atoms with Gasteiger partial charge in [0.1, 0.15) is 0 Å². The third-order valence-corrected chi connectivity index (χ3v) is 10.7. The third-order valence-electron chi connectivity index (χ3n) is 10.7. The SMILES string of the molecule is COC(=O)[C@@H](C)C[C@@H](C)C1CCC2C3C(CC[C@@]21C)[C@@]1(C)CC[C@@H](O)CC1C[C@H]3O. The Morgan fingerprint density at radius 2 is 1.67 bits per heavy atom. The summed E-state index contributed by atoms with van der Waals surface area (Å²) in [4.78, 5) is 12.0. The average molecular weight is 421 g/mol. The van der Waals surface area contributed by atoms with Crippen molar-refractivity contribution in [3.05, 3.63) is 0 Å². The Morgan fingerprint density at radius 1 is 1.00 bits per heavy atom. The van der Waals surface area contributed by atoms with Gasteiger partial charge in [-0.25, -0.2) is 0 Å². The second-order valence-corrected chi connectivity index (χ2v) is 12.1. The molecule has 4 heteroatoms. The molecule has 4 rings (SSSR count). The molecule has 172 valence electrons. The van der Waals surface area contributed by atoms with Crippen LogP contribution in [0.2, 0.25) is 0 Å². The standard InChI is InChI=1S/C26H44O4/c1-15(12-16(2)24(29)30-5)19-6-7-20-23-21(9-11-26(19,20)4)25(3)10-8-18(27)13-17(25)14-22(23)28/h15-23,27-28H,6-14H2,1-5H3/t15-,16+,17?,18-,19?,20?,21?,22-,23?,25+,26-/m1/s1. The maximum atomic E-state index is 12.0. The van der Waals surface area contributed by atoms with Gasteiger partial charge in [0, 0.05) is 0 Å². The van der Waals surface area contributed by atoms with Crippen molar-refractivity contribution < 1.29 is 19.7 Å². The van der Waals surface area contributed by atoms with E-state index in [-0.39, 0.29) is 34.9 Å². The van der Waals surface area contributed by atoms with Crippen LogP contribution in [-0.4, -0.2) is 35.5 Å². The van der Waals surface area contributed by atoms with Gasteiger partial charge in [-0.05, 0) is 104 Å². The Labute approximate surface area is 183 Å². The van der Waals surface area contributed by atoms with E-state index in [4.69, 9.17) is 4.74 Å². The second-order valence-electron chi connectivity index (χ2n) is 12.1. The van der Waals surface area contributed by atoms with Gasteiger partial charge in [0.15, 0.2) is 0 Å². The van der Waals surface area contributed by atoms with Crippen molar-refractivity contribution in [2.45, 2.75) is 97.7 Å². The molecule has 0 aromatic rings. The Morgan fingerprint density at radius 3 is 2.37 bits per heavy atom. The fourth-order valence-electron chi connectivity index (χ4n) is 9.19. The molecule has 4 fully saturated rings. The molecule has 0 amide bonds. The Hall–Kier alpha value is -0.610. The highest BCUT2D eigenvalue weighted by Gasteiger charge is 2.62. The molecular formula is C26H44O4. The number of rotatable bonds is 4. The van der Waals surface area contributed by atoms with Crippen LogP contribution in [0.25, 0.3) is 0 Å². The molecule has 5 unspecified atom stereocenters. The van der Waals surface area contributed by atoms with Crippen LogP contribution in [0.3, 0.4) is 0 Å². The summed E-state index contributed by atoms with van der Waals surface area (Å²) in [5.41, 5.74) is 0.558. The molecule has 0 radical (unpaired) electrons. The van der Waals surface area contributed by atoms with Crippen LogP contribution in [0.15, 0.2) is 0 Å². The van der Waals surface area contributed by atoms with Gasteiger partial charge in [0.05, 0.1) is 25.2 Å². The number of aliphatic hydroxyl groups excluding tert-OH is 2. The fraction of sp³-hybridized carbons (Fsp3) is 0.962. The number of methoxy groups -OCH3 is 1. The van der Waals surface area contributed by atoms with Gasteiger partial charge in [-0.2, -0.15) is 0 Å². The summed E-state index contributed by atoms with van der Waals surface area (Å²) in [5.74, 6) is 3.07. The van der Waals surface area contributed by atoms with Gasteiger partial charge in [0.25, 0.3) is 0 Å². The van der Waals surface area contributed by atoms with E-state index in [1.165, 1.54) is 32.8 Å². The minimum absolute atomic E-state index is 0.0439. The molecule has 0 saturated heterocycles. The summed E-state index contributed by atoms with van der Waals surface area (Å²) in [6.45, 7) is 9.30. The van der Waals surface area contributed by atoms with Gasteiger partial charge >= 0.3 is 5.97 Å². The molecule has 4 aliphatic rings. The first kappa shape index (κ1) is 22.6. The number of hydrogen-bond donors (Lipinski definition) is 2. The van der Waals surface area contributed by atoms with E-state index in [0.29, 0.717) is 35.5 Å². The van der Waals surface area contributed by atoms with E-state index in [1.54, 1.807) is 0 Å². The van der Waals surface area contributed by atoms with Gasteiger partial charge in [-0.1, -0.05) is 27.7 Å². The van der Waals surface area contributed by atoms with Gasteiger partial charge < -0.3 is 14.9 Å². The molecular weight excluding hydrogens is 376 g/mol. The molecule has 30 heavy (non-hydrogen) atoms. The lowest BCUT2D eigenvalue weighted by atomic mass is 9.43. The van der Waals surface area contributed by atoms with Crippen molar-refractivity contribution in [3.8, 4) is 0 Å². The van der Waals surface area contributed by atoms with Crippen LogP contribution in [0.4, 0.5) is 0 Å². The smallest absolute Gasteiger partial charge is 0.308 e.